The molecular weight excluding hydrogens is 238 g/mol. The first-order valence-corrected chi connectivity index (χ1v) is 7.33. The van der Waals surface area contributed by atoms with E-state index >= 15 is 0 Å². The Labute approximate surface area is 117 Å². The Morgan fingerprint density at radius 2 is 2.11 bits per heavy atom. The summed E-state index contributed by atoms with van der Waals surface area (Å²) in [5, 5.41) is 3.36. The summed E-state index contributed by atoms with van der Waals surface area (Å²) in [6.45, 7) is 11.1. The molecule has 1 N–H and O–H groups in total. The van der Waals surface area contributed by atoms with Crippen molar-refractivity contribution in [2.75, 3.05) is 13.2 Å². The van der Waals surface area contributed by atoms with Gasteiger partial charge in [-0.15, -0.1) is 0 Å². The second-order valence-electron chi connectivity index (χ2n) is 5.14. The van der Waals surface area contributed by atoms with Crippen molar-refractivity contribution in [1.29, 1.82) is 0 Å². The zero-order valence-electron chi connectivity index (χ0n) is 12.7. The molecule has 0 saturated carbocycles. The lowest BCUT2D eigenvalue weighted by molar-refractivity contribution is 0.233. The van der Waals surface area contributed by atoms with E-state index in [1.54, 1.807) is 0 Å². The second-order valence-corrected chi connectivity index (χ2v) is 5.14. The predicted molar refractivity (Wildman–Crippen MR) is 78.3 cm³/mol. The number of hydrogen-bond acceptors (Lipinski definition) is 4. The Morgan fingerprint density at radius 1 is 1.32 bits per heavy atom. The normalized spacial score (nSPS) is 12.4. The van der Waals surface area contributed by atoms with Gasteiger partial charge in [0.05, 0.1) is 6.61 Å². The maximum atomic E-state index is 5.64. The van der Waals surface area contributed by atoms with Crippen molar-refractivity contribution in [3.05, 3.63) is 17.5 Å². The molecule has 0 aliphatic carbocycles. The van der Waals surface area contributed by atoms with Gasteiger partial charge in [-0.25, -0.2) is 9.97 Å². The van der Waals surface area contributed by atoms with E-state index in [-0.39, 0.29) is 0 Å². The van der Waals surface area contributed by atoms with Crippen LogP contribution in [0.25, 0.3) is 0 Å². The van der Waals surface area contributed by atoms with Gasteiger partial charge in [0.1, 0.15) is 0 Å². The van der Waals surface area contributed by atoms with E-state index in [9.17, 15) is 0 Å². The number of hydrogen-bond donors (Lipinski definition) is 1. The van der Waals surface area contributed by atoms with Gasteiger partial charge in [-0.2, -0.15) is 0 Å². The summed E-state index contributed by atoms with van der Waals surface area (Å²) < 4.78 is 5.64. The molecule has 0 aliphatic heterocycles. The molecule has 0 radical (unpaired) electrons. The van der Waals surface area contributed by atoms with Crippen molar-refractivity contribution in [2.45, 2.75) is 53.5 Å². The van der Waals surface area contributed by atoms with Gasteiger partial charge in [0.2, 0.25) is 0 Å². The SMILES string of the molecule is CCCNCc1cnc(OCC(C)CCC)nc1C. The predicted octanol–water partition coefficient (Wildman–Crippen LogP) is 3.10. The monoisotopic (exact) mass is 265 g/mol. The fourth-order valence-corrected chi connectivity index (χ4v) is 1.91. The molecule has 0 amide bonds. The van der Waals surface area contributed by atoms with Crippen LogP contribution in [0.4, 0.5) is 0 Å². The molecule has 0 aromatic carbocycles. The fourth-order valence-electron chi connectivity index (χ4n) is 1.91. The molecule has 0 bridgehead atoms. The molecule has 4 nitrogen and oxygen atoms in total. The third-order valence-electron chi connectivity index (χ3n) is 3.08. The van der Waals surface area contributed by atoms with Crippen molar-refractivity contribution < 1.29 is 4.74 Å². The van der Waals surface area contributed by atoms with Gasteiger partial charge in [0.15, 0.2) is 0 Å². The van der Waals surface area contributed by atoms with Crippen molar-refractivity contribution in [3.63, 3.8) is 0 Å². The zero-order chi connectivity index (χ0) is 14.1. The van der Waals surface area contributed by atoms with Gasteiger partial charge in [0, 0.05) is 24.0 Å². The van der Waals surface area contributed by atoms with E-state index in [2.05, 4.69) is 36.1 Å². The highest BCUT2D eigenvalue weighted by Crippen LogP contribution is 2.11. The van der Waals surface area contributed by atoms with Gasteiger partial charge in [-0.05, 0) is 32.2 Å². The summed E-state index contributed by atoms with van der Waals surface area (Å²) in [4.78, 5) is 8.69. The average Bonchev–Trinajstić information content (AvgIpc) is 2.39. The highest BCUT2D eigenvalue weighted by molar-refractivity contribution is 5.17. The quantitative estimate of drug-likeness (QED) is 0.697. The molecule has 0 spiro atoms. The molecule has 1 rings (SSSR count). The highest BCUT2D eigenvalue weighted by Gasteiger charge is 2.06. The smallest absolute Gasteiger partial charge is 0.316 e. The van der Waals surface area contributed by atoms with Gasteiger partial charge >= 0.3 is 6.01 Å². The summed E-state index contributed by atoms with van der Waals surface area (Å²) in [5.74, 6) is 0.555. The Balaban J connectivity index is 2.46. The molecule has 1 aromatic heterocycles. The van der Waals surface area contributed by atoms with Crippen LogP contribution >= 0.6 is 0 Å². The highest BCUT2D eigenvalue weighted by atomic mass is 16.5. The maximum Gasteiger partial charge on any atom is 0.316 e. The molecule has 1 unspecified atom stereocenters. The summed E-state index contributed by atoms with van der Waals surface area (Å²) in [6.07, 6.45) is 5.37. The summed E-state index contributed by atoms with van der Waals surface area (Å²) in [6, 6.07) is 0.500. The number of aromatic nitrogens is 2. The molecule has 1 atom stereocenters. The Hall–Kier alpha value is -1.16. The topological polar surface area (TPSA) is 47.0 Å². The maximum absolute atomic E-state index is 5.64. The van der Waals surface area contributed by atoms with Crippen LogP contribution in [0.1, 0.15) is 51.3 Å². The molecular formula is C15H27N3O. The van der Waals surface area contributed by atoms with Crippen molar-refractivity contribution in [3.8, 4) is 6.01 Å². The summed E-state index contributed by atoms with van der Waals surface area (Å²) in [5.41, 5.74) is 2.14. The van der Waals surface area contributed by atoms with Crippen LogP contribution in [0.3, 0.4) is 0 Å². The van der Waals surface area contributed by atoms with Crippen LogP contribution in [-0.4, -0.2) is 23.1 Å². The van der Waals surface area contributed by atoms with Gasteiger partial charge in [-0.1, -0.05) is 27.2 Å². The Bertz CT molecular complexity index is 368. The lowest BCUT2D eigenvalue weighted by Crippen LogP contribution is -2.16. The Morgan fingerprint density at radius 3 is 2.74 bits per heavy atom. The van der Waals surface area contributed by atoms with Crippen LogP contribution in [0.2, 0.25) is 0 Å². The third-order valence-corrected chi connectivity index (χ3v) is 3.08. The van der Waals surface area contributed by atoms with Gasteiger partial charge < -0.3 is 10.1 Å². The molecule has 0 fully saturated rings. The van der Waals surface area contributed by atoms with Crippen LogP contribution in [-0.2, 0) is 6.54 Å². The van der Waals surface area contributed by atoms with E-state index in [1.165, 1.54) is 12.8 Å². The number of nitrogens with one attached hydrogen (secondary N) is 1. The first-order valence-electron chi connectivity index (χ1n) is 7.33. The van der Waals surface area contributed by atoms with E-state index in [1.807, 2.05) is 13.1 Å². The average molecular weight is 265 g/mol. The summed E-state index contributed by atoms with van der Waals surface area (Å²) >= 11 is 0. The van der Waals surface area contributed by atoms with Gasteiger partial charge in [0.25, 0.3) is 0 Å². The standard InChI is InChI=1S/C15H27N3O/c1-5-7-12(3)11-19-15-17-10-14(13(4)18-15)9-16-8-6-2/h10,12,16H,5-9,11H2,1-4H3. The van der Waals surface area contributed by atoms with Crippen LogP contribution in [0, 0.1) is 12.8 Å². The largest absolute Gasteiger partial charge is 0.463 e. The number of ether oxygens (including phenoxy) is 1. The Kier molecular flexibility index (Phi) is 7.41. The van der Waals surface area contributed by atoms with Crippen LogP contribution in [0.15, 0.2) is 6.20 Å². The summed E-state index contributed by atoms with van der Waals surface area (Å²) in [7, 11) is 0. The molecule has 1 aromatic rings. The minimum Gasteiger partial charge on any atom is -0.463 e. The van der Waals surface area contributed by atoms with Crippen molar-refractivity contribution >= 4 is 0 Å². The van der Waals surface area contributed by atoms with Crippen molar-refractivity contribution in [2.24, 2.45) is 5.92 Å². The molecule has 19 heavy (non-hydrogen) atoms. The van der Waals surface area contributed by atoms with E-state index in [0.717, 1.165) is 30.8 Å². The molecule has 4 heteroatoms. The number of aryl methyl sites for hydroxylation is 1. The van der Waals surface area contributed by atoms with Crippen LogP contribution in [0.5, 0.6) is 6.01 Å². The fraction of sp³-hybridized carbons (Fsp3) is 0.733. The number of rotatable bonds is 9. The lowest BCUT2D eigenvalue weighted by atomic mass is 10.1. The minimum absolute atomic E-state index is 0.500. The van der Waals surface area contributed by atoms with Gasteiger partial charge in [-0.3, -0.25) is 0 Å². The van der Waals surface area contributed by atoms with Crippen LogP contribution < -0.4 is 10.1 Å². The molecule has 108 valence electrons. The number of nitrogens with zero attached hydrogens (tertiary/aromatic N) is 2. The first kappa shape index (κ1) is 15.9. The van der Waals surface area contributed by atoms with E-state index in [4.69, 9.17) is 4.74 Å². The first-order chi connectivity index (χ1) is 9.17. The van der Waals surface area contributed by atoms with E-state index in [0.29, 0.717) is 18.5 Å². The second kappa shape index (κ2) is 8.86. The molecule has 0 aliphatic rings. The zero-order valence-corrected chi connectivity index (χ0v) is 12.7. The molecule has 0 saturated heterocycles. The minimum atomic E-state index is 0.500. The molecule has 1 heterocycles. The lowest BCUT2D eigenvalue weighted by Gasteiger charge is -2.12. The third kappa shape index (κ3) is 6.01. The van der Waals surface area contributed by atoms with E-state index < -0.39 is 0 Å². The van der Waals surface area contributed by atoms with Crippen molar-refractivity contribution in [1.82, 2.24) is 15.3 Å².